The monoisotopic (exact) mass is 250 g/mol. The fourth-order valence-electron chi connectivity index (χ4n) is 1.38. The summed E-state index contributed by atoms with van der Waals surface area (Å²) in [5, 5.41) is 13.2. The molecule has 0 aliphatic carbocycles. The Labute approximate surface area is 104 Å². The molecule has 0 atom stereocenters. The van der Waals surface area contributed by atoms with Gasteiger partial charge in [0.25, 0.3) is 5.89 Å². The van der Waals surface area contributed by atoms with Crippen molar-refractivity contribution in [2.45, 2.75) is 6.61 Å². The van der Waals surface area contributed by atoms with Gasteiger partial charge in [-0.05, 0) is 12.1 Å². The fraction of sp³-hybridized carbons (Fsp3) is 0.333. The van der Waals surface area contributed by atoms with E-state index in [9.17, 15) is 5.11 Å². The van der Waals surface area contributed by atoms with Crippen LogP contribution in [0.3, 0.4) is 0 Å². The van der Waals surface area contributed by atoms with Crippen LogP contribution in [0.5, 0.6) is 5.75 Å². The molecule has 0 radical (unpaired) electrons. The van der Waals surface area contributed by atoms with Gasteiger partial charge < -0.3 is 19.1 Å². The minimum absolute atomic E-state index is 0.162. The predicted molar refractivity (Wildman–Crippen MR) is 62.9 cm³/mol. The van der Waals surface area contributed by atoms with Gasteiger partial charge in [-0.25, -0.2) is 0 Å². The molecule has 6 heteroatoms. The highest BCUT2D eigenvalue weighted by Crippen LogP contribution is 2.20. The van der Waals surface area contributed by atoms with Crippen molar-refractivity contribution < 1.29 is 19.1 Å². The minimum Gasteiger partial charge on any atom is -0.508 e. The number of benzene rings is 1. The quantitative estimate of drug-likeness (QED) is 0.785. The van der Waals surface area contributed by atoms with E-state index < -0.39 is 0 Å². The number of phenols is 1. The number of phenolic OH excluding ortho intramolecular Hbond substituents is 1. The van der Waals surface area contributed by atoms with Gasteiger partial charge in [0.15, 0.2) is 0 Å². The molecule has 0 aliphatic heterocycles. The Morgan fingerprint density at radius 2 is 2.22 bits per heavy atom. The van der Waals surface area contributed by atoms with Crippen LogP contribution in [0.1, 0.15) is 5.89 Å². The fourth-order valence-corrected chi connectivity index (χ4v) is 1.38. The number of aromatic nitrogens is 2. The maximum absolute atomic E-state index is 9.36. The third kappa shape index (κ3) is 3.28. The summed E-state index contributed by atoms with van der Waals surface area (Å²) >= 11 is 0. The molecule has 0 unspecified atom stereocenters. The van der Waals surface area contributed by atoms with E-state index in [1.807, 2.05) is 0 Å². The molecule has 0 saturated carbocycles. The van der Waals surface area contributed by atoms with Gasteiger partial charge >= 0.3 is 0 Å². The zero-order valence-corrected chi connectivity index (χ0v) is 10.00. The Morgan fingerprint density at radius 3 is 3.00 bits per heavy atom. The van der Waals surface area contributed by atoms with Crippen molar-refractivity contribution in [2.75, 3.05) is 20.3 Å². The Hall–Kier alpha value is -1.92. The molecule has 1 aromatic carbocycles. The van der Waals surface area contributed by atoms with Crippen LogP contribution >= 0.6 is 0 Å². The van der Waals surface area contributed by atoms with Crippen LogP contribution < -0.4 is 0 Å². The molecule has 1 aromatic heterocycles. The van der Waals surface area contributed by atoms with E-state index in [0.29, 0.717) is 30.5 Å². The molecule has 6 nitrogen and oxygen atoms in total. The highest BCUT2D eigenvalue weighted by Gasteiger charge is 2.08. The van der Waals surface area contributed by atoms with Crippen LogP contribution in [-0.4, -0.2) is 35.6 Å². The summed E-state index contributed by atoms with van der Waals surface area (Å²) in [4.78, 5) is 4.16. The largest absolute Gasteiger partial charge is 0.508 e. The number of hydrogen-bond donors (Lipinski definition) is 1. The molecule has 2 aromatic rings. The zero-order chi connectivity index (χ0) is 12.8. The van der Waals surface area contributed by atoms with Crippen LogP contribution in [0.15, 0.2) is 28.8 Å². The highest BCUT2D eigenvalue weighted by atomic mass is 16.5. The Kier molecular flexibility index (Phi) is 4.27. The molecule has 1 N–H and O–H groups in total. The number of hydrogen-bond acceptors (Lipinski definition) is 6. The van der Waals surface area contributed by atoms with Crippen LogP contribution in [0.2, 0.25) is 0 Å². The average Bonchev–Trinajstić information content (AvgIpc) is 2.83. The number of rotatable bonds is 6. The van der Waals surface area contributed by atoms with E-state index in [1.54, 1.807) is 31.4 Å². The molecule has 1 heterocycles. The number of ether oxygens (including phenoxy) is 2. The maximum Gasteiger partial charge on any atom is 0.252 e. The van der Waals surface area contributed by atoms with Crippen molar-refractivity contribution in [2.24, 2.45) is 0 Å². The lowest BCUT2D eigenvalue weighted by atomic mass is 10.2. The molecule has 0 amide bonds. The summed E-state index contributed by atoms with van der Waals surface area (Å²) in [7, 11) is 1.61. The second-order valence-corrected chi connectivity index (χ2v) is 3.61. The summed E-state index contributed by atoms with van der Waals surface area (Å²) in [6.07, 6.45) is 0. The molecule has 0 fully saturated rings. The van der Waals surface area contributed by atoms with Crippen molar-refractivity contribution >= 4 is 0 Å². The molecule has 0 aliphatic rings. The first-order valence-corrected chi connectivity index (χ1v) is 5.48. The van der Waals surface area contributed by atoms with Gasteiger partial charge in [-0.1, -0.05) is 17.3 Å². The highest BCUT2D eigenvalue weighted by molar-refractivity contribution is 5.56. The van der Waals surface area contributed by atoms with E-state index in [1.165, 1.54) is 0 Å². The van der Waals surface area contributed by atoms with Gasteiger partial charge in [0.2, 0.25) is 5.82 Å². The third-order valence-corrected chi connectivity index (χ3v) is 2.23. The van der Waals surface area contributed by atoms with Gasteiger partial charge in [-0.2, -0.15) is 4.98 Å². The maximum atomic E-state index is 9.36. The minimum atomic E-state index is 0.162. The summed E-state index contributed by atoms with van der Waals surface area (Å²) in [6, 6.07) is 6.66. The lowest BCUT2D eigenvalue weighted by molar-refractivity contribution is 0.0494. The number of aromatic hydroxyl groups is 1. The molecule has 2 rings (SSSR count). The summed E-state index contributed by atoms with van der Waals surface area (Å²) in [5.74, 6) is 0.982. The molecule has 0 bridgehead atoms. The third-order valence-electron chi connectivity index (χ3n) is 2.23. The van der Waals surface area contributed by atoms with Crippen LogP contribution in [0.25, 0.3) is 11.4 Å². The van der Waals surface area contributed by atoms with Crippen molar-refractivity contribution in [1.82, 2.24) is 10.1 Å². The average molecular weight is 250 g/mol. The second-order valence-electron chi connectivity index (χ2n) is 3.61. The SMILES string of the molecule is COCCOCc1nc(-c2cccc(O)c2)no1. The van der Waals surface area contributed by atoms with Crippen molar-refractivity contribution in [3.63, 3.8) is 0 Å². The first-order chi connectivity index (χ1) is 8.79. The van der Waals surface area contributed by atoms with Crippen LogP contribution in [-0.2, 0) is 16.1 Å². The summed E-state index contributed by atoms with van der Waals surface area (Å²) in [5.41, 5.74) is 0.696. The Morgan fingerprint density at radius 1 is 1.33 bits per heavy atom. The van der Waals surface area contributed by atoms with Crippen molar-refractivity contribution in [3.05, 3.63) is 30.2 Å². The predicted octanol–water partition coefficient (Wildman–Crippen LogP) is 1.61. The van der Waals surface area contributed by atoms with Gasteiger partial charge in [0.05, 0.1) is 13.2 Å². The van der Waals surface area contributed by atoms with E-state index in [-0.39, 0.29) is 12.4 Å². The zero-order valence-electron chi connectivity index (χ0n) is 10.00. The van der Waals surface area contributed by atoms with Crippen LogP contribution in [0.4, 0.5) is 0 Å². The molecule has 0 saturated heterocycles. The van der Waals surface area contributed by atoms with Gasteiger partial charge in [0, 0.05) is 12.7 Å². The van der Waals surface area contributed by atoms with E-state index >= 15 is 0 Å². The number of nitrogens with zero attached hydrogens (tertiary/aromatic N) is 2. The standard InChI is InChI=1S/C12H14N2O4/c1-16-5-6-17-8-11-13-12(14-18-11)9-3-2-4-10(15)7-9/h2-4,7,15H,5-6,8H2,1H3. The number of methoxy groups -OCH3 is 1. The molecule has 96 valence electrons. The lowest BCUT2D eigenvalue weighted by Crippen LogP contribution is -2.01. The first kappa shape index (κ1) is 12.5. The molecular weight excluding hydrogens is 236 g/mol. The van der Waals surface area contributed by atoms with Crippen LogP contribution in [0, 0.1) is 0 Å². The smallest absolute Gasteiger partial charge is 0.252 e. The van der Waals surface area contributed by atoms with E-state index in [2.05, 4.69) is 10.1 Å². The molecular formula is C12H14N2O4. The second kappa shape index (κ2) is 6.13. The molecule has 18 heavy (non-hydrogen) atoms. The topological polar surface area (TPSA) is 77.6 Å². The van der Waals surface area contributed by atoms with Gasteiger partial charge in [-0.3, -0.25) is 0 Å². The van der Waals surface area contributed by atoms with E-state index in [0.717, 1.165) is 0 Å². The first-order valence-electron chi connectivity index (χ1n) is 5.48. The molecule has 0 spiro atoms. The Bertz CT molecular complexity index is 498. The van der Waals surface area contributed by atoms with Crippen molar-refractivity contribution in [1.29, 1.82) is 0 Å². The van der Waals surface area contributed by atoms with Gasteiger partial charge in [0.1, 0.15) is 12.4 Å². The normalized spacial score (nSPS) is 10.7. The lowest BCUT2D eigenvalue weighted by Gasteiger charge is -1.98. The van der Waals surface area contributed by atoms with Gasteiger partial charge in [-0.15, -0.1) is 0 Å². The van der Waals surface area contributed by atoms with E-state index in [4.69, 9.17) is 14.0 Å². The Balaban J connectivity index is 1.97. The summed E-state index contributed by atoms with van der Waals surface area (Å²) in [6.45, 7) is 1.24. The van der Waals surface area contributed by atoms with Crippen molar-refractivity contribution in [3.8, 4) is 17.1 Å². The summed E-state index contributed by atoms with van der Waals surface area (Å²) < 4.78 is 15.1.